The topological polar surface area (TPSA) is 119 Å². The van der Waals surface area contributed by atoms with Crippen LogP contribution in [-0.4, -0.2) is 80.8 Å². The van der Waals surface area contributed by atoms with E-state index in [1.54, 1.807) is 17.4 Å². The Labute approximate surface area is 208 Å². The Bertz CT molecular complexity index is 947. The van der Waals surface area contributed by atoms with E-state index in [0.29, 0.717) is 39.5 Å². The zero-order valence-electron chi connectivity index (χ0n) is 19.9. The molecule has 1 fully saturated rings. The fourth-order valence-electron chi connectivity index (χ4n) is 3.58. The fourth-order valence-corrected chi connectivity index (χ4v) is 4.56. The van der Waals surface area contributed by atoms with Crippen molar-refractivity contribution in [3.8, 4) is 0 Å². The summed E-state index contributed by atoms with van der Waals surface area (Å²) >= 11 is 1.42. The lowest BCUT2D eigenvalue weighted by Crippen LogP contribution is -2.42. The number of piperidine rings is 1. The van der Waals surface area contributed by atoms with Gasteiger partial charge in [-0.05, 0) is 18.4 Å². The summed E-state index contributed by atoms with van der Waals surface area (Å²) in [5, 5.41) is 2.55. The molecular formula is C24H32N4O6S. The quantitative estimate of drug-likeness (QED) is 0.332. The van der Waals surface area contributed by atoms with Gasteiger partial charge >= 0.3 is 0 Å². The number of benzene rings is 1. The van der Waals surface area contributed by atoms with Crippen LogP contribution >= 0.6 is 11.3 Å². The Balaban J connectivity index is 1.34. The molecule has 0 spiro atoms. The summed E-state index contributed by atoms with van der Waals surface area (Å²) in [5.74, 6) is -0.608. The molecule has 0 bridgehead atoms. The van der Waals surface area contributed by atoms with E-state index in [1.165, 1.54) is 11.3 Å². The number of thiazole rings is 1. The van der Waals surface area contributed by atoms with Gasteiger partial charge in [0.15, 0.2) is 0 Å². The normalized spacial score (nSPS) is 14.0. The number of likely N-dealkylation sites (tertiary alicyclic amines) is 1. The molecule has 10 nitrogen and oxygen atoms in total. The van der Waals surface area contributed by atoms with Gasteiger partial charge in [-0.3, -0.25) is 25.2 Å². The van der Waals surface area contributed by atoms with E-state index in [0.717, 1.165) is 23.4 Å². The van der Waals surface area contributed by atoms with Crippen LogP contribution in [-0.2, 0) is 30.2 Å². The Kier molecular flexibility index (Phi) is 11.1. The lowest BCUT2D eigenvalue weighted by molar-refractivity contribution is -0.137. The number of carbonyl (C=O) groups excluding carboxylic acids is 3. The molecule has 2 heterocycles. The number of amides is 3. The van der Waals surface area contributed by atoms with Crippen LogP contribution in [0.1, 0.15) is 39.8 Å². The van der Waals surface area contributed by atoms with Gasteiger partial charge in [0, 0.05) is 31.5 Å². The number of carbonyl (C=O) groups is 3. The van der Waals surface area contributed by atoms with Crippen molar-refractivity contribution >= 4 is 29.1 Å². The number of nitrogens with zero attached hydrogens (tertiary/aromatic N) is 2. The molecule has 0 radical (unpaired) electrons. The van der Waals surface area contributed by atoms with Crippen molar-refractivity contribution in [1.82, 2.24) is 20.7 Å². The van der Waals surface area contributed by atoms with E-state index < -0.39 is 5.91 Å². The first-order valence-electron chi connectivity index (χ1n) is 11.6. The number of rotatable bonds is 12. The Morgan fingerprint density at radius 3 is 2.49 bits per heavy atom. The average molecular weight is 505 g/mol. The Morgan fingerprint density at radius 2 is 1.74 bits per heavy atom. The third kappa shape index (κ3) is 9.02. The lowest BCUT2D eigenvalue weighted by Gasteiger charge is -2.31. The third-order valence-electron chi connectivity index (χ3n) is 5.50. The predicted octanol–water partition coefficient (Wildman–Crippen LogP) is 1.53. The first kappa shape index (κ1) is 26.7. The fraction of sp³-hybridized carbons (Fsp3) is 0.500. The van der Waals surface area contributed by atoms with Gasteiger partial charge in [-0.2, -0.15) is 0 Å². The Hall–Kier alpha value is -2.86. The highest BCUT2D eigenvalue weighted by Crippen LogP contribution is 2.30. The van der Waals surface area contributed by atoms with Crippen molar-refractivity contribution < 1.29 is 28.6 Å². The summed E-state index contributed by atoms with van der Waals surface area (Å²) in [6, 6.07) is 9.29. The highest BCUT2D eigenvalue weighted by molar-refractivity contribution is 7.09. The highest BCUT2D eigenvalue weighted by Gasteiger charge is 2.26. The molecule has 11 heteroatoms. The van der Waals surface area contributed by atoms with Crippen LogP contribution in [0.4, 0.5) is 0 Å². The standard InChI is InChI=1S/C24H32N4O6S/c1-32-11-12-33-13-14-34-16-22(30)28-9-7-19(8-10-28)24-25-20(17-35-24)23(31)27-26-21(29)15-18-5-3-2-4-6-18/h2-6,17,19H,7-16H2,1H3,(H,26,29)(H,27,31). The summed E-state index contributed by atoms with van der Waals surface area (Å²) in [4.78, 5) is 43.0. The minimum atomic E-state index is -0.454. The lowest BCUT2D eigenvalue weighted by atomic mass is 9.97. The van der Waals surface area contributed by atoms with E-state index in [1.807, 2.05) is 30.3 Å². The van der Waals surface area contributed by atoms with Gasteiger partial charge in [-0.25, -0.2) is 4.98 Å². The molecular weight excluding hydrogens is 472 g/mol. The van der Waals surface area contributed by atoms with Crippen LogP contribution in [0.3, 0.4) is 0 Å². The molecule has 3 rings (SSSR count). The molecule has 190 valence electrons. The number of nitrogens with one attached hydrogen (secondary N) is 2. The number of ether oxygens (including phenoxy) is 3. The molecule has 0 atom stereocenters. The van der Waals surface area contributed by atoms with Crippen LogP contribution in [0.2, 0.25) is 0 Å². The van der Waals surface area contributed by atoms with Crippen molar-refractivity contribution in [3.63, 3.8) is 0 Å². The molecule has 35 heavy (non-hydrogen) atoms. The third-order valence-corrected chi connectivity index (χ3v) is 6.51. The van der Waals surface area contributed by atoms with Gasteiger partial charge in [0.2, 0.25) is 11.8 Å². The Morgan fingerprint density at radius 1 is 1.03 bits per heavy atom. The molecule has 0 unspecified atom stereocenters. The molecule has 0 saturated carbocycles. The molecule has 0 aliphatic carbocycles. The number of hydrogen-bond acceptors (Lipinski definition) is 8. The molecule has 2 aromatic rings. The summed E-state index contributed by atoms with van der Waals surface area (Å²) < 4.78 is 15.6. The zero-order chi connectivity index (χ0) is 24.9. The van der Waals surface area contributed by atoms with E-state index in [-0.39, 0.29) is 36.5 Å². The monoisotopic (exact) mass is 504 g/mol. The number of methoxy groups -OCH3 is 1. The summed E-state index contributed by atoms with van der Waals surface area (Å²) in [5.41, 5.74) is 5.97. The smallest absolute Gasteiger partial charge is 0.289 e. The summed E-state index contributed by atoms with van der Waals surface area (Å²) in [6.07, 6.45) is 1.72. The molecule has 3 amide bonds. The van der Waals surface area contributed by atoms with Crippen molar-refractivity contribution in [2.24, 2.45) is 0 Å². The minimum Gasteiger partial charge on any atom is -0.382 e. The second kappa shape index (κ2) is 14.5. The number of aromatic nitrogens is 1. The van der Waals surface area contributed by atoms with Crippen LogP contribution in [0.25, 0.3) is 0 Å². The van der Waals surface area contributed by atoms with Gasteiger partial charge < -0.3 is 19.1 Å². The van der Waals surface area contributed by atoms with Crippen molar-refractivity contribution in [1.29, 1.82) is 0 Å². The van der Waals surface area contributed by atoms with Crippen LogP contribution in [0.5, 0.6) is 0 Å². The zero-order valence-corrected chi connectivity index (χ0v) is 20.7. The average Bonchev–Trinajstić information content (AvgIpc) is 3.38. The molecule has 1 aromatic heterocycles. The summed E-state index contributed by atoms with van der Waals surface area (Å²) in [7, 11) is 1.61. The minimum absolute atomic E-state index is 0.0363. The van der Waals surface area contributed by atoms with Crippen LogP contribution in [0.15, 0.2) is 35.7 Å². The summed E-state index contributed by atoms with van der Waals surface area (Å²) in [6.45, 7) is 3.10. The van der Waals surface area contributed by atoms with E-state index in [9.17, 15) is 14.4 Å². The van der Waals surface area contributed by atoms with Crippen LogP contribution in [0, 0.1) is 0 Å². The maximum absolute atomic E-state index is 12.4. The van der Waals surface area contributed by atoms with Gasteiger partial charge in [0.05, 0.1) is 37.9 Å². The molecule has 1 aliphatic rings. The second-order valence-electron chi connectivity index (χ2n) is 8.05. The van der Waals surface area contributed by atoms with Crippen molar-refractivity contribution in [3.05, 3.63) is 52.0 Å². The van der Waals surface area contributed by atoms with Crippen molar-refractivity contribution in [2.45, 2.75) is 25.2 Å². The van der Waals surface area contributed by atoms with Gasteiger partial charge in [-0.15, -0.1) is 11.3 Å². The maximum Gasteiger partial charge on any atom is 0.289 e. The molecule has 1 aliphatic heterocycles. The first-order chi connectivity index (χ1) is 17.1. The molecule has 1 saturated heterocycles. The first-order valence-corrected chi connectivity index (χ1v) is 12.5. The SMILES string of the molecule is COCCOCCOCC(=O)N1CCC(c2nc(C(=O)NNC(=O)Cc3ccccc3)cs2)CC1. The second-order valence-corrected chi connectivity index (χ2v) is 8.94. The van der Waals surface area contributed by atoms with E-state index >= 15 is 0 Å². The van der Waals surface area contributed by atoms with Crippen LogP contribution < -0.4 is 10.9 Å². The maximum atomic E-state index is 12.4. The van der Waals surface area contributed by atoms with Gasteiger partial charge in [0.1, 0.15) is 12.3 Å². The number of hydrogen-bond donors (Lipinski definition) is 2. The number of hydrazine groups is 1. The largest absolute Gasteiger partial charge is 0.382 e. The van der Waals surface area contributed by atoms with Crippen molar-refractivity contribution in [2.75, 3.05) is 53.2 Å². The van der Waals surface area contributed by atoms with E-state index in [4.69, 9.17) is 14.2 Å². The van der Waals surface area contributed by atoms with E-state index in [2.05, 4.69) is 15.8 Å². The predicted molar refractivity (Wildman–Crippen MR) is 130 cm³/mol. The van der Waals surface area contributed by atoms with Gasteiger partial charge in [-0.1, -0.05) is 30.3 Å². The molecule has 2 N–H and O–H groups in total. The highest BCUT2D eigenvalue weighted by atomic mass is 32.1. The molecule has 1 aromatic carbocycles. The van der Waals surface area contributed by atoms with Gasteiger partial charge in [0.25, 0.3) is 5.91 Å².